The molecule has 0 unspecified atom stereocenters. The van der Waals surface area contributed by atoms with Gasteiger partial charge in [-0.05, 0) is 0 Å². The molecule has 0 aliphatic rings. The van der Waals surface area contributed by atoms with E-state index >= 15 is 0 Å². The van der Waals surface area contributed by atoms with Crippen LogP contribution in [-0.2, 0) is 46.5 Å². The van der Waals surface area contributed by atoms with Gasteiger partial charge in [-0.1, -0.05) is 8.67 Å². The van der Waals surface area contributed by atoms with Crippen molar-refractivity contribution in [3.63, 3.8) is 0 Å². The van der Waals surface area contributed by atoms with E-state index in [0.717, 1.165) is 0 Å². The second-order valence-electron chi connectivity index (χ2n) is 0.992. The van der Waals surface area contributed by atoms with E-state index in [1.54, 1.807) is 0 Å². The van der Waals surface area contributed by atoms with E-state index in [1.165, 1.54) is 0 Å². The minimum atomic E-state index is -5.02. The second kappa shape index (κ2) is 6.67. The Labute approximate surface area is 101 Å². The summed E-state index contributed by atoms with van der Waals surface area (Å²) in [6, 6.07) is 0. The summed E-state index contributed by atoms with van der Waals surface area (Å²) in [5.74, 6) is 0. The molecule has 12 heavy (non-hydrogen) atoms. The Balaban J connectivity index is -0.000000405. The predicted octanol–water partition coefficient (Wildman–Crippen LogP) is -2.11. The summed E-state index contributed by atoms with van der Waals surface area (Å²) in [4.78, 5) is 0. The Morgan fingerprint density at radius 1 is 0.833 bits per heavy atom. The van der Waals surface area contributed by atoms with E-state index in [9.17, 15) is 16.8 Å². The van der Waals surface area contributed by atoms with E-state index < -0.39 is 20.8 Å². The molecule has 0 aliphatic carbocycles. The summed E-state index contributed by atoms with van der Waals surface area (Å²) in [5.41, 5.74) is 0. The summed E-state index contributed by atoms with van der Waals surface area (Å²) in [5, 5.41) is 0. The Hall–Kier alpha value is 1.26. The van der Waals surface area contributed by atoms with Crippen molar-refractivity contribution in [3.8, 4) is 0 Å². The standard InChI is InChI=1S/Cu.Na.H2O8S2.H/c;;1-9(2,3)7-8-10(4,5)6;/h;;(H,1,2,3)(H,4,5,6);. The summed E-state index contributed by atoms with van der Waals surface area (Å²) in [6.45, 7) is 0. The first-order valence-corrected chi connectivity index (χ1v) is 4.26. The third-order valence-corrected chi connectivity index (χ3v) is 0.766. The van der Waals surface area contributed by atoms with Crippen LogP contribution in [0.3, 0.4) is 0 Å². The van der Waals surface area contributed by atoms with E-state index in [0.29, 0.717) is 0 Å². The fraction of sp³-hybridized carbons (Fsp3) is 0. The van der Waals surface area contributed by atoms with Crippen molar-refractivity contribution >= 4 is 50.4 Å². The minimum absolute atomic E-state index is 0. The van der Waals surface area contributed by atoms with Crippen LogP contribution < -0.4 is 0 Å². The molecule has 75 valence electrons. The van der Waals surface area contributed by atoms with Gasteiger partial charge in [0.1, 0.15) is 0 Å². The molecule has 0 bridgehead atoms. The molecule has 0 aromatic carbocycles. The van der Waals surface area contributed by atoms with Gasteiger partial charge in [0.05, 0.1) is 0 Å². The maximum atomic E-state index is 9.51. The number of hydrogen-bond donors (Lipinski definition) is 2. The van der Waals surface area contributed by atoms with Gasteiger partial charge in [-0.25, -0.2) is 0 Å². The van der Waals surface area contributed by atoms with Crippen molar-refractivity contribution in [1.82, 2.24) is 0 Å². The topological polar surface area (TPSA) is 127 Å². The van der Waals surface area contributed by atoms with Gasteiger partial charge in [-0.2, -0.15) is 16.8 Å². The molecule has 2 N–H and O–H groups in total. The molecule has 8 nitrogen and oxygen atoms in total. The Morgan fingerprint density at radius 2 is 1.00 bits per heavy atom. The Kier molecular flexibility index (Phi) is 10.5. The van der Waals surface area contributed by atoms with E-state index in [4.69, 9.17) is 9.11 Å². The Morgan fingerprint density at radius 3 is 1.08 bits per heavy atom. The quantitative estimate of drug-likeness (QED) is 0.260. The maximum absolute atomic E-state index is 9.51. The number of hydrogen-bond acceptors (Lipinski definition) is 6. The van der Waals surface area contributed by atoms with Crippen molar-refractivity contribution in [2.24, 2.45) is 0 Å². The van der Waals surface area contributed by atoms with Crippen LogP contribution in [0.2, 0.25) is 0 Å². The van der Waals surface area contributed by atoms with Gasteiger partial charge in [-0.15, -0.1) is 0 Å². The molecule has 0 saturated carbocycles. The first-order valence-electron chi connectivity index (χ1n) is 1.53. The van der Waals surface area contributed by atoms with Crippen LogP contribution in [-0.4, -0.2) is 55.5 Å². The van der Waals surface area contributed by atoms with Gasteiger partial charge in [-0.3, -0.25) is 9.11 Å². The zero-order chi connectivity index (χ0) is 8.41. The molecule has 1 radical (unpaired) electrons. The Bertz CT molecular complexity index is 253. The molecule has 0 rings (SSSR count). The van der Waals surface area contributed by atoms with Crippen LogP contribution in [0.1, 0.15) is 0 Å². The van der Waals surface area contributed by atoms with Crippen LogP contribution >= 0.6 is 0 Å². The fourth-order valence-corrected chi connectivity index (χ4v) is 0.632. The number of rotatable bonds is 3. The zero-order valence-corrected chi connectivity index (χ0v) is 7.04. The van der Waals surface area contributed by atoms with E-state index in [2.05, 4.69) is 8.67 Å². The van der Waals surface area contributed by atoms with Gasteiger partial charge in [0.25, 0.3) is 0 Å². The molecular weight excluding hydrogens is 279 g/mol. The molecule has 0 heterocycles. The zero-order valence-electron chi connectivity index (χ0n) is 4.46. The second-order valence-corrected chi connectivity index (χ2v) is 2.97. The summed E-state index contributed by atoms with van der Waals surface area (Å²) in [7, 11) is -10.0. The summed E-state index contributed by atoms with van der Waals surface area (Å²) in [6.07, 6.45) is 0. The van der Waals surface area contributed by atoms with Crippen molar-refractivity contribution in [2.75, 3.05) is 0 Å². The molecule has 0 aromatic rings. The molecule has 12 heteroatoms. The van der Waals surface area contributed by atoms with Crippen LogP contribution in [0.15, 0.2) is 0 Å². The molecule has 0 fully saturated rings. The molecule has 0 amide bonds. The fourth-order valence-electron chi connectivity index (χ4n) is 0.0702. The van der Waals surface area contributed by atoms with Crippen LogP contribution in [0.25, 0.3) is 0 Å². The first kappa shape index (κ1) is 18.9. The normalized spacial score (nSPS) is 11.2. The van der Waals surface area contributed by atoms with Crippen LogP contribution in [0.5, 0.6) is 0 Å². The molecule has 0 spiro atoms. The molecule has 0 saturated heterocycles. The monoisotopic (exact) mass is 281 g/mol. The van der Waals surface area contributed by atoms with Gasteiger partial charge in [0, 0.05) is 17.1 Å². The van der Waals surface area contributed by atoms with Crippen molar-refractivity contribution in [1.29, 1.82) is 0 Å². The van der Waals surface area contributed by atoms with E-state index in [-0.39, 0.29) is 46.6 Å². The molecular formula is H3CuNaO8S2. The van der Waals surface area contributed by atoms with Gasteiger partial charge in [0.2, 0.25) is 0 Å². The predicted molar refractivity (Wildman–Crippen MR) is 32.4 cm³/mol. The molecule has 0 aliphatic heterocycles. The molecule has 0 aromatic heterocycles. The SMILES string of the molecule is O=S(=O)(O)OOS(=O)(=O)O.[Cu].[NaH]. The first-order chi connectivity index (χ1) is 4.21. The van der Waals surface area contributed by atoms with Crippen molar-refractivity contribution in [3.05, 3.63) is 0 Å². The average Bonchev–Trinajstić information content (AvgIpc) is 1.57. The molecule has 0 atom stereocenters. The van der Waals surface area contributed by atoms with Gasteiger partial charge in [0.15, 0.2) is 0 Å². The summed E-state index contributed by atoms with van der Waals surface area (Å²) >= 11 is 0. The third-order valence-electron chi connectivity index (χ3n) is 0.200. The van der Waals surface area contributed by atoms with E-state index in [1.807, 2.05) is 0 Å². The average molecular weight is 282 g/mol. The van der Waals surface area contributed by atoms with Crippen LogP contribution in [0, 0.1) is 0 Å². The summed E-state index contributed by atoms with van der Waals surface area (Å²) < 4.78 is 58.9. The van der Waals surface area contributed by atoms with Gasteiger partial charge < -0.3 is 0 Å². The van der Waals surface area contributed by atoms with Gasteiger partial charge >= 0.3 is 50.4 Å². The van der Waals surface area contributed by atoms with Crippen molar-refractivity contribution in [2.45, 2.75) is 0 Å². The third kappa shape index (κ3) is 17.4. The van der Waals surface area contributed by atoms with Crippen LogP contribution in [0.4, 0.5) is 0 Å². The van der Waals surface area contributed by atoms with Crippen molar-refractivity contribution < 1.29 is 51.7 Å².